The number of ether oxygens (including phenoxy) is 2. The summed E-state index contributed by atoms with van der Waals surface area (Å²) in [5.74, 6) is 1.48. The molecule has 9 heteroatoms. The summed E-state index contributed by atoms with van der Waals surface area (Å²) in [6.45, 7) is 4.65. The van der Waals surface area contributed by atoms with Gasteiger partial charge in [-0.25, -0.2) is 18.2 Å². The van der Waals surface area contributed by atoms with Gasteiger partial charge in [-0.15, -0.1) is 0 Å². The molecule has 1 N–H and O–H groups in total. The fourth-order valence-corrected chi connectivity index (χ4v) is 4.64. The number of hydrogen-bond acceptors (Lipinski definition) is 6. The summed E-state index contributed by atoms with van der Waals surface area (Å²) < 4.78 is 37.4. The van der Waals surface area contributed by atoms with Gasteiger partial charge in [0.25, 0.3) is 0 Å². The van der Waals surface area contributed by atoms with E-state index in [0.29, 0.717) is 42.5 Å². The Bertz CT molecular complexity index is 1430. The molecule has 0 aliphatic rings. The van der Waals surface area contributed by atoms with Gasteiger partial charge < -0.3 is 14.8 Å². The van der Waals surface area contributed by atoms with Crippen LogP contribution in [0.15, 0.2) is 96.3 Å². The van der Waals surface area contributed by atoms with E-state index in [4.69, 9.17) is 9.47 Å². The largest absolute Gasteiger partial charge is 0.494 e. The summed E-state index contributed by atoms with van der Waals surface area (Å²) in [5, 5.41) is 2.40. The van der Waals surface area contributed by atoms with E-state index in [9.17, 15) is 13.2 Å². The van der Waals surface area contributed by atoms with Crippen molar-refractivity contribution in [1.29, 1.82) is 0 Å². The zero-order chi connectivity index (χ0) is 27.0. The third-order valence-electron chi connectivity index (χ3n) is 5.85. The second kappa shape index (κ2) is 12.4. The molecule has 0 saturated carbocycles. The third kappa shape index (κ3) is 7.01. The van der Waals surface area contributed by atoms with E-state index in [2.05, 4.69) is 10.3 Å². The van der Waals surface area contributed by atoms with Crippen LogP contribution in [0.3, 0.4) is 0 Å². The van der Waals surface area contributed by atoms with Crippen molar-refractivity contribution in [1.82, 2.24) is 14.9 Å². The van der Waals surface area contributed by atoms with Gasteiger partial charge in [0.05, 0.1) is 22.4 Å². The molecule has 0 atom stereocenters. The maximum atomic E-state index is 12.4. The first-order valence-electron chi connectivity index (χ1n) is 12.4. The highest BCUT2D eigenvalue weighted by Crippen LogP contribution is 2.22. The van der Waals surface area contributed by atoms with Gasteiger partial charge in [-0.3, -0.25) is 4.57 Å². The van der Waals surface area contributed by atoms with Crippen LogP contribution in [-0.2, 0) is 16.4 Å². The summed E-state index contributed by atoms with van der Waals surface area (Å²) in [6, 6.07) is 23.5. The Kier molecular flexibility index (Phi) is 8.81. The minimum atomic E-state index is -3.29. The first kappa shape index (κ1) is 26.9. The fourth-order valence-electron chi connectivity index (χ4n) is 3.58. The molecule has 0 radical (unpaired) electrons. The number of hydrogen-bond donors (Lipinski definition) is 1. The number of benzene rings is 3. The summed E-state index contributed by atoms with van der Waals surface area (Å²) >= 11 is 0. The quantitative estimate of drug-likeness (QED) is 0.261. The Morgan fingerprint density at radius 3 is 2.29 bits per heavy atom. The van der Waals surface area contributed by atoms with Crippen LogP contribution in [0, 0.1) is 0 Å². The predicted octanol–water partition coefficient (Wildman–Crippen LogP) is 5.34. The molecule has 1 heterocycles. The lowest BCUT2D eigenvalue weighted by molar-refractivity contribution is 0.240. The monoisotopic (exact) mass is 533 g/mol. The fraction of sp³-hybridized carbons (Fsp3) is 0.241. The first-order valence-corrected chi connectivity index (χ1v) is 13.9. The van der Waals surface area contributed by atoms with Crippen molar-refractivity contribution in [2.24, 2.45) is 0 Å². The highest BCUT2D eigenvalue weighted by molar-refractivity contribution is 7.92. The minimum Gasteiger partial charge on any atom is -0.494 e. The van der Waals surface area contributed by atoms with Gasteiger partial charge in [-0.05, 0) is 74.4 Å². The number of sulfone groups is 1. The molecule has 1 amide bonds. The van der Waals surface area contributed by atoms with Crippen molar-refractivity contribution in [2.45, 2.75) is 37.0 Å². The molecule has 8 nitrogen and oxygen atoms in total. The van der Waals surface area contributed by atoms with Crippen molar-refractivity contribution in [3.8, 4) is 22.8 Å². The van der Waals surface area contributed by atoms with E-state index < -0.39 is 15.1 Å². The van der Waals surface area contributed by atoms with Crippen LogP contribution in [0.4, 0.5) is 4.79 Å². The van der Waals surface area contributed by atoms with E-state index >= 15 is 0 Å². The van der Waals surface area contributed by atoms with Gasteiger partial charge >= 0.3 is 6.03 Å². The zero-order valence-electron chi connectivity index (χ0n) is 21.4. The number of nitrogens with zero attached hydrogens (tertiary/aromatic N) is 2. The second-order valence-electron chi connectivity index (χ2n) is 8.96. The number of nitrogens with one attached hydrogen (secondary N) is 1. The maximum absolute atomic E-state index is 12.4. The van der Waals surface area contributed by atoms with Crippen molar-refractivity contribution in [3.05, 3.63) is 97.0 Å². The van der Waals surface area contributed by atoms with Crippen LogP contribution in [-0.4, -0.2) is 42.4 Å². The Hall–Kier alpha value is -4.11. The van der Waals surface area contributed by atoms with Gasteiger partial charge in [0.15, 0.2) is 9.84 Å². The van der Waals surface area contributed by atoms with Crippen LogP contribution in [0.1, 0.15) is 25.8 Å². The minimum absolute atomic E-state index is 0.254. The number of imidazole rings is 1. The van der Waals surface area contributed by atoms with E-state index in [0.717, 1.165) is 16.9 Å². The molecule has 0 aliphatic carbocycles. The van der Waals surface area contributed by atoms with E-state index in [1.54, 1.807) is 44.3 Å². The molecule has 3 aromatic carbocycles. The Balaban J connectivity index is 1.24. The Morgan fingerprint density at radius 2 is 1.61 bits per heavy atom. The van der Waals surface area contributed by atoms with E-state index in [1.807, 2.05) is 54.6 Å². The molecule has 4 aromatic rings. The number of aromatic nitrogens is 2. The van der Waals surface area contributed by atoms with Crippen LogP contribution in [0.2, 0.25) is 0 Å². The van der Waals surface area contributed by atoms with Gasteiger partial charge in [0.2, 0.25) is 0 Å². The molecule has 0 aliphatic heterocycles. The second-order valence-corrected chi connectivity index (χ2v) is 11.5. The summed E-state index contributed by atoms with van der Waals surface area (Å²) in [7, 11) is -3.29. The SMILES string of the molecule is CC(C)S(=O)(=O)c1ccc(COc2ccc(-c3cn(C(=O)NCCCOc4ccccc4)cn3)cc2)cc1. The third-order valence-corrected chi connectivity index (χ3v) is 8.02. The van der Waals surface area contributed by atoms with Crippen LogP contribution < -0.4 is 14.8 Å². The zero-order valence-corrected chi connectivity index (χ0v) is 22.2. The molecule has 0 bridgehead atoms. The van der Waals surface area contributed by atoms with Gasteiger partial charge in [-0.2, -0.15) is 0 Å². The Morgan fingerprint density at radius 1 is 0.921 bits per heavy atom. The lowest BCUT2D eigenvalue weighted by Crippen LogP contribution is -2.29. The normalized spacial score (nSPS) is 11.3. The average Bonchev–Trinajstić information content (AvgIpc) is 3.43. The molecule has 4 rings (SSSR count). The van der Waals surface area contributed by atoms with Crippen LogP contribution in [0.25, 0.3) is 11.3 Å². The predicted molar refractivity (Wildman–Crippen MR) is 146 cm³/mol. The van der Waals surface area contributed by atoms with Gasteiger partial charge in [0, 0.05) is 18.3 Å². The molecule has 0 saturated heterocycles. The average molecular weight is 534 g/mol. The summed E-state index contributed by atoms with van der Waals surface area (Å²) in [4.78, 5) is 17.1. The number of amides is 1. The highest BCUT2D eigenvalue weighted by Gasteiger charge is 2.18. The Labute approximate surface area is 223 Å². The molecular formula is C29H31N3O5S. The maximum Gasteiger partial charge on any atom is 0.326 e. The van der Waals surface area contributed by atoms with Crippen molar-refractivity contribution >= 4 is 15.9 Å². The molecular weight excluding hydrogens is 502 g/mol. The van der Waals surface area contributed by atoms with E-state index in [-0.39, 0.29) is 6.03 Å². The summed E-state index contributed by atoms with van der Waals surface area (Å²) in [5.41, 5.74) is 2.39. The van der Waals surface area contributed by atoms with Crippen LogP contribution >= 0.6 is 0 Å². The topological polar surface area (TPSA) is 99.5 Å². The lowest BCUT2D eigenvalue weighted by Gasteiger charge is -2.10. The van der Waals surface area contributed by atoms with Crippen LogP contribution in [0.5, 0.6) is 11.5 Å². The molecule has 198 valence electrons. The standard InChI is InChI=1S/C29H31N3O5S/c1-22(2)38(34,35)27-15-9-23(10-16-27)20-37-26-13-11-24(12-14-26)28-19-32(21-31-28)29(33)30-17-6-18-36-25-7-4-3-5-8-25/h3-5,7-16,19,21-22H,6,17-18,20H2,1-2H3,(H,30,33). The molecule has 0 fully saturated rings. The van der Waals surface area contributed by atoms with Gasteiger partial charge in [0.1, 0.15) is 24.4 Å². The smallest absolute Gasteiger partial charge is 0.326 e. The number of carbonyl (C=O) groups excluding carboxylic acids is 1. The number of para-hydroxylation sites is 1. The van der Waals surface area contributed by atoms with Gasteiger partial charge in [-0.1, -0.05) is 30.3 Å². The summed E-state index contributed by atoms with van der Waals surface area (Å²) in [6.07, 6.45) is 3.85. The lowest BCUT2D eigenvalue weighted by atomic mass is 10.1. The van der Waals surface area contributed by atoms with Crippen molar-refractivity contribution in [2.75, 3.05) is 13.2 Å². The molecule has 38 heavy (non-hydrogen) atoms. The molecule has 0 unspecified atom stereocenters. The van der Waals surface area contributed by atoms with E-state index in [1.165, 1.54) is 10.9 Å². The first-order chi connectivity index (χ1) is 18.3. The molecule has 0 spiro atoms. The number of carbonyl (C=O) groups is 1. The number of rotatable bonds is 11. The molecule has 1 aromatic heterocycles. The highest BCUT2D eigenvalue weighted by atomic mass is 32.2. The van der Waals surface area contributed by atoms with Crippen molar-refractivity contribution < 1.29 is 22.7 Å². The van der Waals surface area contributed by atoms with Crippen molar-refractivity contribution in [3.63, 3.8) is 0 Å².